The van der Waals surface area contributed by atoms with Crippen LogP contribution in [0.15, 0.2) is 54.6 Å². The third-order valence-corrected chi connectivity index (χ3v) is 4.41. The Morgan fingerprint density at radius 2 is 1.81 bits per heavy atom. The Morgan fingerprint density at radius 1 is 1.05 bits per heavy atom. The van der Waals surface area contributed by atoms with Crippen LogP contribution in [-0.4, -0.2) is 13.2 Å². The predicted molar refractivity (Wildman–Crippen MR) is 86.2 cm³/mol. The van der Waals surface area contributed by atoms with Gasteiger partial charge in [0.25, 0.3) is 0 Å². The maximum absolute atomic E-state index is 6.22. The van der Waals surface area contributed by atoms with E-state index >= 15 is 0 Å². The topological polar surface area (TPSA) is 21.3 Å². The summed E-state index contributed by atoms with van der Waals surface area (Å²) in [4.78, 5) is 0. The van der Waals surface area contributed by atoms with Crippen molar-refractivity contribution in [2.75, 3.05) is 13.2 Å². The molecule has 0 radical (unpaired) electrons. The van der Waals surface area contributed by atoms with Gasteiger partial charge in [-0.2, -0.15) is 0 Å². The molecule has 0 bridgehead atoms. The third kappa shape index (κ3) is 3.02. The lowest BCUT2D eigenvalue weighted by Crippen LogP contribution is -2.43. The summed E-state index contributed by atoms with van der Waals surface area (Å²) in [5.74, 6) is 0. The van der Waals surface area contributed by atoms with Crippen LogP contribution in [0.25, 0.3) is 0 Å². The molecule has 0 aromatic heterocycles. The van der Waals surface area contributed by atoms with E-state index in [0.717, 1.165) is 32.5 Å². The van der Waals surface area contributed by atoms with Crippen LogP contribution in [0.1, 0.15) is 30.0 Å². The molecule has 3 rings (SSSR count). The van der Waals surface area contributed by atoms with Crippen LogP contribution in [0.2, 0.25) is 0 Å². The Bertz CT molecular complexity index is 581. The van der Waals surface area contributed by atoms with Gasteiger partial charge in [-0.1, -0.05) is 61.5 Å². The molecule has 0 saturated carbocycles. The van der Waals surface area contributed by atoms with E-state index in [4.69, 9.17) is 4.74 Å². The van der Waals surface area contributed by atoms with E-state index < -0.39 is 0 Å². The van der Waals surface area contributed by atoms with E-state index in [9.17, 15) is 0 Å². The zero-order valence-electron chi connectivity index (χ0n) is 12.6. The average molecular weight is 281 g/mol. The highest BCUT2D eigenvalue weighted by molar-refractivity contribution is 5.35. The van der Waals surface area contributed by atoms with Gasteiger partial charge in [-0.25, -0.2) is 0 Å². The minimum atomic E-state index is -0.177. The van der Waals surface area contributed by atoms with Crippen molar-refractivity contribution >= 4 is 0 Å². The van der Waals surface area contributed by atoms with Crippen molar-refractivity contribution < 1.29 is 4.74 Å². The van der Waals surface area contributed by atoms with E-state index in [1.165, 1.54) is 16.7 Å². The highest BCUT2D eigenvalue weighted by Gasteiger charge is 2.35. The molecule has 1 atom stereocenters. The number of ether oxygens (including phenoxy) is 1. The first kappa shape index (κ1) is 14.3. The minimum Gasteiger partial charge on any atom is -0.369 e. The molecule has 2 nitrogen and oxygen atoms in total. The molecule has 0 aliphatic carbocycles. The number of rotatable bonds is 5. The first-order chi connectivity index (χ1) is 10.3. The van der Waals surface area contributed by atoms with E-state index in [1.807, 2.05) is 0 Å². The van der Waals surface area contributed by atoms with Gasteiger partial charge in [-0.05, 0) is 29.5 Å². The van der Waals surface area contributed by atoms with Gasteiger partial charge in [0.2, 0.25) is 0 Å². The second kappa shape index (κ2) is 6.42. The Labute approximate surface area is 127 Å². The molecule has 0 spiro atoms. The number of benzene rings is 2. The molecule has 2 aromatic rings. The van der Waals surface area contributed by atoms with Gasteiger partial charge in [0.05, 0.1) is 6.61 Å². The predicted octanol–water partition coefficient (Wildman–Crippen LogP) is 3.65. The fourth-order valence-corrected chi connectivity index (χ4v) is 3.19. The molecular weight excluding hydrogens is 258 g/mol. The van der Waals surface area contributed by atoms with Gasteiger partial charge < -0.3 is 10.1 Å². The van der Waals surface area contributed by atoms with E-state index in [1.54, 1.807) is 0 Å². The second-order valence-corrected chi connectivity index (χ2v) is 5.69. The van der Waals surface area contributed by atoms with Crippen molar-refractivity contribution in [1.82, 2.24) is 5.32 Å². The SMILES string of the molecule is CC[C@]1(CNCc2ccccc2)OCCc2ccccc21. The quantitative estimate of drug-likeness (QED) is 0.903. The lowest BCUT2D eigenvalue weighted by atomic mass is 9.84. The largest absolute Gasteiger partial charge is 0.369 e. The highest BCUT2D eigenvalue weighted by Crippen LogP contribution is 2.35. The first-order valence-corrected chi connectivity index (χ1v) is 7.81. The maximum atomic E-state index is 6.22. The normalized spacial score (nSPS) is 21.0. The van der Waals surface area contributed by atoms with Crippen molar-refractivity contribution in [3.63, 3.8) is 0 Å². The summed E-state index contributed by atoms with van der Waals surface area (Å²) < 4.78 is 6.22. The van der Waals surface area contributed by atoms with E-state index in [2.05, 4.69) is 66.8 Å². The van der Waals surface area contributed by atoms with E-state index in [0.29, 0.717) is 0 Å². The Kier molecular flexibility index (Phi) is 4.37. The van der Waals surface area contributed by atoms with Crippen molar-refractivity contribution in [2.24, 2.45) is 0 Å². The first-order valence-electron chi connectivity index (χ1n) is 7.81. The van der Waals surface area contributed by atoms with Crippen molar-refractivity contribution in [1.29, 1.82) is 0 Å². The molecule has 1 N–H and O–H groups in total. The molecule has 2 heteroatoms. The summed E-state index contributed by atoms with van der Waals surface area (Å²) in [6.45, 7) is 4.77. The molecule has 0 fully saturated rings. The van der Waals surface area contributed by atoms with Gasteiger partial charge in [0.1, 0.15) is 5.60 Å². The smallest absolute Gasteiger partial charge is 0.105 e. The Morgan fingerprint density at radius 3 is 2.62 bits per heavy atom. The molecule has 1 aliphatic rings. The average Bonchev–Trinajstić information content (AvgIpc) is 2.56. The zero-order chi connectivity index (χ0) is 14.5. The molecule has 0 amide bonds. The van der Waals surface area contributed by atoms with Gasteiger partial charge in [0.15, 0.2) is 0 Å². The zero-order valence-corrected chi connectivity index (χ0v) is 12.6. The van der Waals surface area contributed by atoms with Gasteiger partial charge in [0, 0.05) is 13.1 Å². The third-order valence-electron chi connectivity index (χ3n) is 4.41. The molecule has 21 heavy (non-hydrogen) atoms. The van der Waals surface area contributed by atoms with Crippen LogP contribution in [0.4, 0.5) is 0 Å². The molecule has 1 heterocycles. The van der Waals surface area contributed by atoms with Gasteiger partial charge >= 0.3 is 0 Å². The Balaban J connectivity index is 1.73. The maximum Gasteiger partial charge on any atom is 0.105 e. The summed E-state index contributed by atoms with van der Waals surface area (Å²) >= 11 is 0. The van der Waals surface area contributed by atoms with Crippen molar-refractivity contribution in [3.8, 4) is 0 Å². The summed E-state index contributed by atoms with van der Waals surface area (Å²) in [7, 11) is 0. The molecule has 2 aromatic carbocycles. The van der Waals surface area contributed by atoms with Gasteiger partial charge in [-0.15, -0.1) is 0 Å². The summed E-state index contributed by atoms with van der Waals surface area (Å²) in [5.41, 5.74) is 3.93. The molecule has 0 saturated heterocycles. The molecule has 1 aliphatic heterocycles. The van der Waals surface area contributed by atoms with Gasteiger partial charge in [-0.3, -0.25) is 0 Å². The van der Waals surface area contributed by atoms with Crippen molar-refractivity contribution in [2.45, 2.75) is 31.9 Å². The number of hydrogen-bond acceptors (Lipinski definition) is 2. The lowest BCUT2D eigenvalue weighted by Gasteiger charge is -2.39. The van der Waals surface area contributed by atoms with Crippen LogP contribution in [0.5, 0.6) is 0 Å². The molecule has 110 valence electrons. The summed E-state index contributed by atoms with van der Waals surface area (Å²) in [6.07, 6.45) is 2.02. The second-order valence-electron chi connectivity index (χ2n) is 5.69. The van der Waals surface area contributed by atoms with Crippen LogP contribution in [0.3, 0.4) is 0 Å². The van der Waals surface area contributed by atoms with Crippen molar-refractivity contribution in [3.05, 3.63) is 71.3 Å². The fourth-order valence-electron chi connectivity index (χ4n) is 3.19. The summed E-state index contributed by atoms with van der Waals surface area (Å²) in [6, 6.07) is 19.2. The van der Waals surface area contributed by atoms with Crippen LogP contribution < -0.4 is 5.32 Å². The lowest BCUT2D eigenvalue weighted by molar-refractivity contribution is -0.0621. The molecule has 0 unspecified atom stereocenters. The van der Waals surface area contributed by atoms with Crippen LogP contribution in [0, 0.1) is 0 Å². The number of fused-ring (bicyclic) bond motifs is 1. The summed E-state index contributed by atoms with van der Waals surface area (Å²) in [5, 5.41) is 3.58. The minimum absolute atomic E-state index is 0.177. The number of hydrogen-bond donors (Lipinski definition) is 1. The van der Waals surface area contributed by atoms with Crippen LogP contribution >= 0.6 is 0 Å². The van der Waals surface area contributed by atoms with Crippen LogP contribution in [-0.2, 0) is 23.3 Å². The fraction of sp³-hybridized carbons (Fsp3) is 0.368. The standard InChI is InChI=1S/C19H23NO/c1-2-19(15-20-14-16-8-4-3-5-9-16)18-11-7-6-10-17(18)12-13-21-19/h3-11,20H,2,12-15H2,1H3/t19-/m1/s1. The Hall–Kier alpha value is -1.64. The highest BCUT2D eigenvalue weighted by atomic mass is 16.5. The molecular formula is C19H23NO. The van der Waals surface area contributed by atoms with E-state index in [-0.39, 0.29) is 5.60 Å². The monoisotopic (exact) mass is 281 g/mol. The number of nitrogens with one attached hydrogen (secondary N) is 1.